The van der Waals surface area contributed by atoms with Crippen LogP contribution in [0.25, 0.3) is 10.9 Å². The lowest BCUT2D eigenvalue weighted by Gasteiger charge is -1.98. The van der Waals surface area contributed by atoms with Crippen LogP contribution < -0.4 is 4.73 Å². The molecular weight excluding hydrogens is 162 g/mol. The number of rotatable bonds is 0. The van der Waals surface area contributed by atoms with Crippen LogP contribution in [0.15, 0.2) is 42.6 Å². The molecule has 0 amide bonds. The van der Waals surface area contributed by atoms with Gasteiger partial charge in [-0.3, -0.25) is 0 Å². The van der Waals surface area contributed by atoms with E-state index in [4.69, 9.17) is 0 Å². The summed E-state index contributed by atoms with van der Waals surface area (Å²) in [6, 6.07) is 11.2. The van der Waals surface area contributed by atoms with Gasteiger partial charge in [-0.2, -0.15) is 4.73 Å². The average molecular weight is 175 g/mol. The van der Waals surface area contributed by atoms with Gasteiger partial charge in [0.1, 0.15) is 0 Å². The molecule has 0 aliphatic heterocycles. The molecule has 0 aliphatic carbocycles. The first-order valence-electron chi connectivity index (χ1n) is 4.45. The van der Waals surface area contributed by atoms with E-state index in [0.29, 0.717) is 0 Å². The molecule has 13 heavy (non-hydrogen) atoms. The molecule has 0 saturated heterocycles. The van der Waals surface area contributed by atoms with Crippen molar-refractivity contribution in [3.63, 3.8) is 0 Å². The minimum Gasteiger partial charge on any atom is -0.618 e. The van der Waals surface area contributed by atoms with Gasteiger partial charge in [0, 0.05) is 17.5 Å². The second kappa shape index (κ2) is 4.45. The molecule has 2 rings (SSSR count). The molecule has 0 spiro atoms. The summed E-state index contributed by atoms with van der Waals surface area (Å²) in [5.74, 6) is 0. The Morgan fingerprint density at radius 2 is 1.62 bits per heavy atom. The first kappa shape index (κ1) is 9.52. The SMILES string of the molecule is CC.[O-][n+]1cccc2ccccc21. The molecule has 1 aromatic heterocycles. The molecule has 0 aliphatic rings. The highest BCUT2D eigenvalue weighted by molar-refractivity contribution is 5.74. The second-order valence-electron chi connectivity index (χ2n) is 2.39. The third-order valence-electron chi connectivity index (χ3n) is 1.67. The zero-order valence-corrected chi connectivity index (χ0v) is 7.90. The van der Waals surface area contributed by atoms with Crippen molar-refractivity contribution < 1.29 is 4.73 Å². The molecule has 0 bridgehead atoms. The summed E-state index contributed by atoms with van der Waals surface area (Å²) in [4.78, 5) is 0. The van der Waals surface area contributed by atoms with Crippen LogP contribution in [0.2, 0.25) is 0 Å². The van der Waals surface area contributed by atoms with Gasteiger partial charge < -0.3 is 5.21 Å². The van der Waals surface area contributed by atoms with E-state index >= 15 is 0 Å². The summed E-state index contributed by atoms with van der Waals surface area (Å²) in [7, 11) is 0. The van der Waals surface area contributed by atoms with Gasteiger partial charge in [0.2, 0.25) is 5.52 Å². The fourth-order valence-electron chi connectivity index (χ4n) is 1.13. The van der Waals surface area contributed by atoms with Crippen LogP contribution in [0.1, 0.15) is 13.8 Å². The Bertz CT molecular complexity index is 379. The molecule has 0 N–H and O–H groups in total. The van der Waals surface area contributed by atoms with E-state index in [1.807, 2.05) is 44.2 Å². The van der Waals surface area contributed by atoms with Crippen LogP contribution in [-0.2, 0) is 0 Å². The fraction of sp³-hybridized carbons (Fsp3) is 0.182. The molecule has 2 heteroatoms. The van der Waals surface area contributed by atoms with Crippen LogP contribution in [0, 0.1) is 5.21 Å². The van der Waals surface area contributed by atoms with Crippen molar-refractivity contribution in [2.75, 3.05) is 0 Å². The van der Waals surface area contributed by atoms with Crippen molar-refractivity contribution in [2.45, 2.75) is 13.8 Å². The van der Waals surface area contributed by atoms with E-state index in [1.165, 1.54) is 6.20 Å². The Labute approximate surface area is 78.0 Å². The maximum Gasteiger partial charge on any atom is 0.223 e. The lowest BCUT2D eigenvalue weighted by atomic mass is 10.2. The van der Waals surface area contributed by atoms with E-state index in [0.717, 1.165) is 15.6 Å². The predicted octanol–water partition coefficient (Wildman–Crippen LogP) is 2.50. The largest absolute Gasteiger partial charge is 0.618 e. The van der Waals surface area contributed by atoms with Crippen molar-refractivity contribution in [1.29, 1.82) is 0 Å². The zero-order chi connectivity index (χ0) is 9.68. The monoisotopic (exact) mass is 175 g/mol. The number of para-hydroxylation sites is 1. The van der Waals surface area contributed by atoms with Gasteiger partial charge in [0.05, 0.1) is 0 Å². The predicted molar refractivity (Wildman–Crippen MR) is 54.3 cm³/mol. The Morgan fingerprint density at radius 3 is 2.31 bits per heavy atom. The number of hydrogen-bond acceptors (Lipinski definition) is 1. The Hall–Kier alpha value is -1.57. The third kappa shape index (κ3) is 1.96. The summed E-state index contributed by atoms with van der Waals surface area (Å²) < 4.78 is 0.870. The Balaban J connectivity index is 0.000000396. The summed E-state index contributed by atoms with van der Waals surface area (Å²) in [5, 5.41) is 12.1. The van der Waals surface area contributed by atoms with Crippen molar-refractivity contribution in [3.8, 4) is 0 Å². The minimum atomic E-state index is 0.718. The maximum atomic E-state index is 11.1. The zero-order valence-electron chi connectivity index (χ0n) is 7.90. The molecule has 0 unspecified atom stereocenters. The van der Waals surface area contributed by atoms with Gasteiger partial charge in [-0.25, -0.2) is 0 Å². The smallest absolute Gasteiger partial charge is 0.223 e. The molecule has 68 valence electrons. The van der Waals surface area contributed by atoms with E-state index in [2.05, 4.69) is 0 Å². The van der Waals surface area contributed by atoms with Gasteiger partial charge in [0.25, 0.3) is 0 Å². The molecule has 0 atom stereocenters. The average Bonchev–Trinajstić information content (AvgIpc) is 2.22. The van der Waals surface area contributed by atoms with Crippen molar-refractivity contribution in [3.05, 3.63) is 47.8 Å². The highest BCUT2D eigenvalue weighted by atomic mass is 16.5. The highest BCUT2D eigenvalue weighted by Gasteiger charge is 1.97. The van der Waals surface area contributed by atoms with Crippen LogP contribution in [0.4, 0.5) is 0 Å². The fourth-order valence-corrected chi connectivity index (χ4v) is 1.13. The molecule has 0 fully saturated rings. The topological polar surface area (TPSA) is 26.9 Å². The lowest BCUT2D eigenvalue weighted by molar-refractivity contribution is -0.577. The Morgan fingerprint density at radius 1 is 1.00 bits per heavy atom. The van der Waals surface area contributed by atoms with Crippen LogP contribution in [0.3, 0.4) is 0 Å². The minimum absolute atomic E-state index is 0.718. The van der Waals surface area contributed by atoms with Crippen LogP contribution in [-0.4, -0.2) is 0 Å². The number of fused-ring (bicyclic) bond motifs is 1. The van der Waals surface area contributed by atoms with E-state index < -0.39 is 0 Å². The molecule has 0 radical (unpaired) electrons. The van der Waals surface area contributed by atoms with Crippen molar-refractivity contribution >= 4 is 10.9 Å². The van der Waals surface area contributed by atoms with Gasteiger partial charge in [0.15, 0.2) is 6.20 Å². The summed E-state index contributed by atoms with van der Waals surface area (Å²) >= 11 is 0. The maximum absolute atomic E-state index is 11.1. The first-order chi connectivity index (χ1) is 6.38. The number of aromatic nitrogens is 1. The van der Waals surface area contributed by atoms with Gasteiger partial charge in [-0.05, 0) is 12.1 Å². The number of pyridine rings is 1. The summed E-state index contributed by atoms with van der Waals surface area (Å²) in [6.45, 7) is 4.00. The molecule has 2 nitrogen and oxygen atoms in total. The normalized spacial score (nSPS) is 9.08. The standard InChI is InChI=1S/C9H7NO.C2H6/c11-10-7-3-5-8-4-1-2-6-9(8)10;1-2/h1-7H;1-2H3. The molecule has 2 aromatic rings. The number of benzene rings is 1. The number of hydrogen-bond donors (Lipinski definition) is 0. The molecule has 1 heterocycles. The van der Waals surface area contributed by atoms with Crippen molar-refractivity contribution in [1.82, 2.24) is 0 Å². The van der Waals surface area contributed by atoms with Crippen LogP contribution in [0.5, 0.6) is 0 Å². The number of nitrogens with zero attached hydrogens (tertiary/aromatic N) is 1. The van der Waals surface area contributed by atoms with Gasteiger partial charge in [-0.1, -0.05) is 26.0 Å². The third-order valence-corrected chi connectivity index (χ3v) is 1.67. The highest BCUT2D eigenvalue weighted by Crippen LogP contribution is 2.06. The quantitative estimate of drug-likeness (QED) is 0.446. The Kier molecular flexibility index (Phi) is 3.26. The van der Waals surface area contributed by atoms with Crippen LogP contribution >= 0.6 is 0 Å². The van der Waals surface area contributed by atoms with E-state index in [9.17, 15) is 5.21 Å². The molecule has 0 saturated carbocycles. The molecular formula is C11H13NO. The van der Waals surface area contributed by atoms with E-state index in [-0.39, 0.29) is 0 Å². The first-order valence-corrected chi connectivity index (χ1v) is 4.45. The summed E-state index contributed by atoms with van der Waals surface area (Å²) in [5.41, 5.74) is 0.718. The van der Waals surface area contributed by atoms with Gasteiger partial charge in [-0.15, -0.1) is 0 Å². The summed E-state index contributed by atoms with van der Waals surface area (Å²) in [6.07, 6.45) is 1.50. The van der Waals surface area contributed by atoms with E-state index in [1.54, 1.807) is 6.07 Å². The van der Waals surface area contributed by atoms with Crippen molar-refractivity contribution in [2.24, 2.45) is 0 Å². The molecule has 1 aromatic carbocycles. The second-order valence-corrected chi connectivity index (χ2v) is 2.39. The lowest BCUT2D eigenvalue weighted by Crippen LogP contribution is -2.25. The van der Waals surface area contributed by atoms with Gasteiger partial charge >= 0.3 is 0 Å².